The maximum absolute atomic E-state index is 4.71. The monoisotopic (exact) mass is 295 g/mol. The first-order valence-corrected chi connectivity index (χ1v) is 1.57. The summed E-state index contributed by atoms with van der Waals surface area (Å²) in [4.78, 5) is 0. The van der Waals surface area contributed by atoms with E-state index in [1.165, 1.54) is 0 Å². The van der Waals surface area contributed by atoms with Crippen molar-refractivity contribution in [2.75, 3.05) is 0 Å². The van der Waals surface area contributed by atoms with E-state index < -0.39 is 0 Å². The number of thiocarbonyl (C=S) groups is 1. The normalized spacial score (nSPS) is 4.17. The fourth-order valence-electron chi connectivity index (χ4n) is 0. The predicted molar refractivity (Wildman–Crippen MR) is 29.4 cm³/mol. The SMILES string of the molecule is NC(=S)S.O.[W]. The van der Waals surface area contributed by atoms with Gasteiger partial charge in [0.1, 0.15) is 4.32 Å². The van der Waals surface area contributed by atoms with Crippen LogP contribution < -0.4 is 5.73 Å². The van der Waals surface area contributed by atoms with E-state index in [9.17, 15) is 0 Å². The molecule has 0 aliphatic heterocycles. The molecule has 5 heteroatoms. The molecule has 38 valence electrons. The van der Waals surface area contributed by atoms with Crippen molar-refractivity contribution in [1.82, 2.24) is 0 Å². The molecule has 0 spiro atoms. The van der Waals surface area contributed by atoms with Crippen molar-refractivity contribution in [2.24, 2.45) is 5.73 Å². The van der Waals surface area contributed by atoms with Crippen LogP contribution in [0.3, 0.4) is 0 Å². The van der Waals surface area contributed by atoms with Crippen LogP contribution in [0.2, 0.25) is 0 Å². The maximum atomic E-state index is 4.71. The van der Waals surface area contributed by atoms with Crippen LogP contribution in [0.25, 0.3) is 0 Å². The molecule has 0 aromatic rings. The Morgan fingerprint density at radius 1 is 1.67 bits per heavy atom. The quantitative estimate of drug-likeness (QED) is 0.460. The van der Waals surface area contributed by atoms with Gasteiger partial charge in [0.25, 0.3) is 0 Å². The van der Waals surface area contributed by atoms with Crippen LogP contribution in [0.5, 0.6) is 0 Å². The van der Waals surface area contributed by atoms with Crippen molar-refractivity contribution in [3.63, 3.8) is 0 Å². The summed E-state index contributed by atoms with van der Waals surface area (Å²) >= 11 is 7.65. The molecule has 0 aromatic heterocycles. The number of hydrogen-bond acceptors (Lipinski definition) is 1. The average Bonchev–Trinajstić information content (AvgIpc) is 0.811. The molecular weight excluding hydrogens is 290 g/mol. The summed E-state index contributed by atoms with van der Waals surface area (Å²) < 4.78 is 0.194. The van der Waals surface area contributed by atoms with E-state index in [4.69, 9.17) is 5.73 Å². The van der Waals surface area contributed by atoms with Crippen molar-refractivity contribution in [3.8, 4) is 0 Å². The van der Waals surface area contributed by atoms with E-state index in [1.807, 2.05) is 0 Å². The molecule has 0 aromatic carbocycles. The summed E-state index contributed by atoms with van der Waals surface area (Å²) in [6, 6.07) is 0. The van der Waals surface area contributed by atoms with Gasteiger partial charge in [-0.05, 0) is 0 Å². The summed E-state index contributed by atoms with van der Waals surface area (Å²) in [5.41, 5.74) is 4.71. The van der Waals surface area contributed by atoms with Crippen molar-refractivity contribution in [3.05, 3.63) is 0 Å². The Kier molecular flexibility index (Phi) is 24.5. The third kappa shape index (κ3) is 93.7. The minimum Gasteiger partial charge on any atom is -0.412 e. The van der Waals surface area contributed by atoms with Gasteiger partial charge in [-0.15, -0.1) is 12.6 Å². The fraction of sp³-hybridized carbons (Fsp3) is 0. The van der Waals surface area contributed by atoms with Crippen LogP contribution in [-0.4, -0.2) is 9.80 Å². The molecule has 0 saturated carbocycles. The Hall–Kier alpha value is 0.888. The van der Waals surface area contributed by atoms with E-state index in [2.05, 4.69) is 24.8 Å². The van der Waals surface area contributed by atoms with Crippen LogP contribution in [-0.2, 0) is 21.1 Å². The van der Waals surface area contributed by atoms with Gasteiger partial charge in [0.05, 0.1) is 0 Å². The summed E-state index contributed by atoms with van der Waals surface area (Å²) in [6.45, 7) is 0. The molecule has 4 N–H and O–H groups in total. The van der Waals surface area contributed by atoms with E-state index >= 15 is 0 Å². The van der Waals surface area contributed by atoms with Crippen molar-refractivity contribution < 1.29 is 26.5 Å². The molecule has 0 atom stereocenters. The average molecular weight is 295 g/mol. The first-order chi connectivity index (χ1) is 1.73. The number of rotatable bonds is 0. The minimum absolute atomic E-state index is 0. The molecule has 0 aliphatic rings. The molecule has 0 radical (unpaired) electrons. The van der Waals surface area contributed by atoms with Crippen LogP contribution in [0.15, 0.2) is 0 Å². The van der Waals surface area contributed by atoms with Gasteiger partial charge in [-0.3, -0.25) is 0 Å². The zero-order valence-corrected chi connectivity index (χ0v) is 7.49. The largest absolute Gasteiger partial charge is 0.412 e. The Morgan fingerprint density at radius 3 is 1.67 bits per heavy atom. The summed E-state index contributed by atoms with van der Waals surface area (Å²) in [5, 5.41) is 0. The zero-order chi connectivity index (χ0) is 3.58. The standard InChI is InChI=1S/CH3NS2.H2O.W/c2-1(3)4;;/h(H3,2,3,4);1H2;. The fourth-order valence-corrected chi connectivity index (χ4v) is 0. The molecule has 0 bridgehead atoms. The molecule has 6 heavy (non-hydrogen) atoms. The van der Waals surface area contributed by atoms with Gasteiger partial charge in [-0.25, -0.2) is 0 Å². The van der Waals surface area contributed by atoms with Gasteiger partial charge in [0, 0.05) is 21.1 Å². The van der Waals surface area contributed by atoms with Gasteiger partial charge < -0.3 is 11.2 Å². The van der Waals surface area contributed by atoms with Gasteiger partial charge in [-0.2, -0.15) is 0 Å². The van der Waals surface area contributed by atoms with E-state index in [1.54, 1.807) is 0 Å². The second-order valence-electron chi connectivity index (χ2n) is 0.338. The first kappa shape index (κ1) is 15.8. The van der Waals surface area contributed by atoms with E-state index in [-0.39, 0.29) is 30.9 Å². The molecule has 0 saturated heterocycles. The smallest absolute Gasteiger partial charge is 0.128 e. The number of nitrogens with two attached hydrogens (primary N) is 1. The summed E-state index contributed by atoms with van der Waals surface area (Å²) in [5.74, 6) is 0. The molecule has 0 unspecified atom stereocenters. The molecule has 0 amide bonds. The Labute approximate surface area is 61.5 Å². The molecule has 0 aliphatic carbocycles. The van der Waals surface area contributed by atoms with Crippen LogP contribution >= 0.6 is 24.8 Å². The molecular formula is CH5NOS2W. The maximum Gasteiger partial charge on any atom is 0.128 e. The topological polar surface area (TPSA) is 57.5 Å². The number of thiol groups is 1. The van der Waals surface area contributed by atoms with Crippen LogP contribution in [0.1, 0.15) is 0 Å². The van der Waals surface area contributed by atoms with Gasteiger partial charge in [0.2, 0.25) is 0 Å². The molecule has 0 fully saturated rings. The van der Waals surface area contributed by atoms with E-state index in [0.717, 1.165) is 0 Å². The second-order valence-corrected chi connectivity index (χ2v) is 1.56. The molecule has 0 rings (SSSR count). The minimum atomic E-state index is 0. The Balaban J connectivity index is -0.0000000450. The van der Waals surface area contributed by atoms with Crippen molar-refractivity contribution >= 4 is 29.2 Å². The number of hydrogen-bond donors (Lipinski definition) is 2. The second kappa shape index (κ2) is 9.31. The van der Waals surface area contributed by atoms with Crippen molar-refractivity contribution in [1.29, 1.82) is 0 Å². The third-order valence-electron chi connectivity index (χ3n) is 0. The summed E-state index contributed by atoms with van der Waals surface area (Å²) in [6.07, 6.45) is 0. The summed E-state index contributed by atoms with van der Waals surface area (Å²) in [7, 11) is 0. The zero-order valence-electron chi connectivity index (χ0n) is 2.84. The molecule has 0 heterocycles. The van der Waals surface area contributed by atoms with Gasteiger partial charge in [0.15, 0.2) is 0 Å². The van der Waals surface area contributed by atoms with Gasteiger partial charge in [-0.1, -0.05) is 12.2 Å². The predicted octanol–water partition coefficient (Wildman–Crippen LogP) is -0.667. The third-order valence-corrected chi connectivity index (χ3v) is 0. The van der Waals surface area contributed by atoms with Crippen LogP contribution in [0.4, 0.5) is 0 Å². The van der Waals surface area contributed by atoms with E-state index in [0.29, 0.717) is 0 Å². The Bertz CT molecular complexity index is 36.5. The van der Waals surface area contributed by atoms with Crippen molar-refractivity contribution in [2.45, 2.75) is 0 Å². The molecule has 2 nitrogen and oxygen atoms in total. The first-order valence-electron chi connectivity index (χ1n) is 0.716. The van der Waals surface area contributed by atoms with Gasteiger partial charge >= 0.3 is 0 Å². The Morgan fingerprint density at radius 2 is 1.67 bits per heavy atom. The van der Waals surface area contributed by atoms with Crippen LogP contribution in [0, 0.1) is 0 Å².